The molecule has 1 saturated carbocycles. The molecule has 1 rings (SSSR count). The van der Waals surface area contributed by atoms with Gasteiger partial charge in [-0.15, -0.1) is 0 Å². The second kappa shape index (κ2) is 6.56. The van der Waals surface area contributed by atoms with Gasteiger partial charge in [-0.2, -0.15) is 13.2 Å². The van der Waals surface area contributed by atoms with Gasteiger partial charge in [0.25, 0.3) is 0 Å². The van der Waals surface area contributed by atoms with Crippen LogP contribution < -0.4 is 5.32 Å². The highest BCUT2D eigenvalue weighted by Gasteiger charge is 2.32. The molecule has 0 heterocycles. The van der Waals surface area contributed by atoms with Crippen LogP contribution in [0.4, 0.5) is 13.2 Å². The van der Waals surface area contributed by atoms with Crippen molar-refractivity contribution in [2.45, 2.75) is 43.8 Å². The normalized spacial score (nSPS) is 19.8. The van der Waals surface area contributed by atoms with Crippen LogP contribution in [0.3, 0.4) is 0 Å². The van der Waals surface area contributed by atoms with Gasteiger partial charge in [0.15, 0.2) is 0 Å². The van der Waals surface area contributed by atoms with Gasteiger partial charge in [-0.1, -0.05) is 12.8 Å². The molecule has 6 heteroatoms. The molecule has 1 fully saturated rings. The van der Waals surface area contributed by atoms with E-state index in [1.54, 1.807) is 0 Å². The summed E-state index contributed by atoms with van der Waals surface area (Å²) in [5, 5.41) is 12.5. The summed E-state index contributed by atoms with van der Waals surface area (Å²) in [7, 11) is 0. The highest BCUT2D eigenvalue weighted by atomic mass is 19.4. The Balaban J connectivity index is 2.04. The standard InChI is InChI=1S/C11H20F3NO2/c12-11(13,14)9-17-7-3-6-15-10(8-16)4-1-2-5-10/h15-16H,1-9H2. The summed E-state index contributed by atoms with van der Waals surface area (Å²) in [5.41, 5.74) is -0.204. The van der Waals surface area contributed by atoms with Crippen molar-refractivity contribution in [1.29, 1.82) is 0 Å². The van der Waals surface area contributed by atoms with E-state index in [4.69, 9.17) is 0 Å². The highest BCUT2D eigenvalue weighted by Crippen LogP contribution is 2.28. The Hall–Kier alpha value is -0.330. The lowest BCUT2D eigenvalue weighted by molar-refractivity contribution is -0.174. The van der Waals surface area contributed by atoms with Crippen molar-refractivity contribution in [2.75, 3.05) is 26.4 Å². The van der Waals surface area contributed by atoms with Gasteiger partial charge in [-0.05, 0) is 25.8 Å². The van der Waals surface area contributed by atoms with E-state index in [0.717, 1.165) is 25.7 Å². The number of nitrogens with one attached hydrogen (secondary N) is 1. The molecular formula is C11H20F3NO2. The van der Waals surface area contributed by atoms with Gasteiger partial charge in [-0.3, -0.25) is 0 Å². The number of rotatable bonds is 7. The van der Waals surface area contributed by atoms with Crippen molar-refractivity contribution in [3.63, 3.8) is 0 Å². The van der Waals surface area contributed by atoms with Gasteiger partial charge in [0.1, 0.15) is 6.61 Å². The summed E-state index contributed by atoms with van der Waals surface area (Å²) in [6.07, 6.45) is 0.346. The summed E-state index contributed by atoms with van der Waals surface area (Å²) in [4.78, 5) is 0. The van der Waals surface area contributed by atoms with E-state index in [1.807, 2.05) is 0 Å². The summed E-state index contributed by atoms with van der Waals surface area (Å²) in [5.74, 6) is 0. The zero-order chi connectivity index (χ0) is 12.8. The Bertz CT molecular complexity index is 215. The van der Waals surface area contributed by atoms with Crippen LogP contribution in [-0.2, 0) is 4.74 Å². The average Bonchev–Trinajstić information content (AvgIpc) is 2.71. The Morgan fingerprint density at radius 3 is 2.41 bits per heavy atom. The maximum absolute atomic E-state index is 11.8. The van der Waals surface area contributed by atoms with Gasteiger partial charge >= 0.3 is 6.18 Å². The second-order valence-corrected chi connectivity index (χ2v) is 4.59. The molecule has 0 aromatic rings. The number of aliphatic hydroxyl groups is 1. The predicted molar refractivity (Wildman–Crippen MR) is 57.8 cm³/mol. The van der Waals surface area contributed by atoms with E-state index in [2.05, 4.69) is 10.1 Å². The fourth-order valence-electron chi connectivity index (χ4n) is 2.16. The average molecular weight is 255 g/mol. The Labute approximate surface area is 99.3 Å². The number of alkyl halides is 3. The van der Waals surface area contributed by atoms with Crippen LogP contribution in [0.2, 0.25) is 0 Å². The molecule has 0 aliphatic heterocycles. The minimum atomic E-state index is -4.24. The minimum Gasteiger partial charge on any atom is -0.394 e. The topological polar surface area (TPSA) is 41.5 Å². The lowest BCUT2D eigenvalue weighted by Crippen LogP contribution is -2.46. The second-order valence-electron chi connectivity index (χ2n) is 4.59. The van der Waals surface area contributed by atoms with Crippen LogP contribution in [0.25, 0.3) is 0 Å². The quantitative estimate of drug-likeness (QED) is 0.682. The number of ether oxygens (including phenoxy) is 1. The molecule has 1 aliphatic rings. The third-order valence-corrected chi connectivity index (χ3v) is 3.09. The molecule has 0 unspecified atom stereocenters. The molecule has 0 bridgehead atoms. The molecule has 0 saturated heterocycles. The Morgan fingerprint density at radius 2 is 1.88 bits per heavy atom. The summed E-state index contributed by atoms with van der Waals surface area (Å²) >= 11 is 0. The molecule has 1 aliphatic carbocycles. The maximum atomic E-state index is 11.8. The molecule has 0 atom stereocenters. The first-order chi connectivity index (χ1) is 7.97. The van der Waals surface area contributed by atoms with Crippen molar-refractivity contribution in [3.8, 4) is 0 Å². The number of aliphatic hydroxyl groups excluding tert-OH is 1. The van der Waals surface area contributed by atoms with Crippen LogP contribution in [0.15, 0.2) is 0 Å². The molecule has 3 nitrogen and oxygen atoms in total. The van der Waals surface area contributed by atoms with Gasteiger partial charge in [0, 0.05) is 12.1 Å². The van der Waals surface area contributed by atoms with Crippen LogP contribution >= 0.6 is 0 Å². The van der Waals surface area contributed by atoms with Gasteiger partial charge in [0.05, 0.1) is 6.61 Å². The molecule has 0 radical (unpaired) electrons. The van der Waals surface area contributed by atoms with E-state index in [9.17, 15) is 18.3 Å². The zero-order valence-corrected chi connectivity index (χ0v) is 9.85. The monoisotopic (exact) mass is 255 g/mol. The van der Waals surface area contributed by atoms with Gasteiger partial charge in [-0.25, -0.2) is 0 Å². The first kappa shape index (κ1) is 14.7. The first-order valence-corrected chi connectivity index (χ1v) is 5.98. The number of hydrogen-bond donors (Lipinski definition) is 2. The molecule has 0 aromatic carbocycles. The van der Waals surface area contributed by atoms with E-state index in [0.29, 0.717) is 13.0 Å². The molecule has 17 heavy (non-hydrogen) atoms. The van der Waals surface area contributed by atoms with Crippen LogP contribution in [-0.4, -0.2) is 43.2 Å². The van der Waals surface area contributed by atoms with Crippen molar-refractivity contribution in [1.82, 2.24) is 5.32 Å². The van der Waals surface area contributed by atoms with Crippen LogP contribution in [0, 0.1) is 0 Å². The SMILES string of the molecule is OCC1(NCCCOCC(F)(F)F)CCCC1. The van der Waals surface area contributed by atoms with E-state index in [1.165, 1.54) is 0 Å². The molecule has 0 amide bonds. The summed E-state index contributed by atoms with van der Waals surface area (Å²) in [6.45, 7) is -0.416. The van der Waals surface area contributed by atoms with Gasteiger partial charge < -0.3 is 15.2 Å². The van der Waals surface area contributed by atoms with Crippen LogP contribution in [0.1, 0.15) is 32.1 Å². The molecule has 0 aromatic heterocycles. The lowest BCUT2D eigenvalue weighted by atomic mass is 9.99. The largest absolute Gasteiger partial charge is 0.411 e. The number of halogens is 3. The fraction of sp³-hybridized carbons (Fsp3) is 1.00. The lowest BCUT2D eigenvalue weighted by Gasteiger charge is -2.28. The van der Waals surface area contributed by atoms with Crippen molar-refractivity contribution in [3.05, 3.63) is 0 Å². The first-order valence-electron chi connectivity index (χ1n) is 5.98. The third kappa shape index (κ3) is 5.70. The summed E-state index contributed by atoms with van der Waals surface area (Å²) < 4.78 is 39.8. The fourth-order valence-corrected chi connectivity index (χ4v) is 2.16. The Kier molecular flexibility index (Phi) is 5.69. The van der Waals surface area contributed by atoms with Gasteiger partial charge in [0.2, 0.25) is 0 Å². The maximum Gasteiger partial charge on any atom is 0.411 e. The number of hydrogen-bond acceptors (Lipinski definition) is 3. The minimum absolute atomic E-state index is 0.0913. The van der Waals surface area contributed by atoms with E-state index in [-0.39, 0.29) is 18.8 Å². The van der Waals surface area contributed by atoms with Crippen molar-refractivity contribution >= 4 is 0 Å². The molecule has 0 spiro atoms. The predicted octanol–water partition coefficient (Wildman–Crippen LogP) is 1.85. The van der Waals surface area contributed by atoms with Crippen LogP contribution in [0.5, 0.6) is 0 Å². The van der Waals surface area contributed by atoms with Crippen molar-refractivity contribution < 1.29 is 23.0 Å². The third-order valence-electron chi connectivity index (χ3n) is 3.09. The summed E-state index contributed by atoms with van der Waals surface area (Å²) in [6, 6.07) is 0. The molecular weight excluding hydrogens is 235 g/mol. The highest BCUT2D eigenvalue weighted by molar-refractivity contribution is 4.91. The Morgan fingerprint density at radius 1 is 1.24 bits per heavy atom. The molecule has 2 N–H and O–H groups in total. The van der Waals surface area contributed by atoms with Crippen molar-refractivity contribution in [2.24, 2.45) is 0 Å². The van der Waals surface area contributed by atoms with E-state index >= 15 is 0 Å². The zero-order valence-electron chi connectivity index (χ0n) is 9.85. The van der Waals surface area contributed by atoms with E-state index < -0.39 is 12.8 Å². The smallest absolute Gasteiger partial charge is 0.394 e. The molecule has 102 valence electrons.